The number of hydrogen-bond acceptors (Lipinski definition) is 3. The molecule has 1 aliphatic rings. The maximum Gasteiger partial charge on any atom is 0.356 e. The molecule has 2 heterocycles. The molecule has 106 valence electrons. The first-order chi connectivity index (χ1) is 9.66. The van der Waals surface area contributed by atoms with Crippen molar-refractivity contribution in [1.29, 1.82) is 0 Å². The minimum absolute atomic E-state index is 0.0516. The highest BCUT2D eigenvalue weighted by Crippen LogP contribution is 2.21. The third kappa shape index (κ3) is 2.39. The molecule has 1 saturated carbocycles. The Morgan fingerprint density at radius 2 is 2.20 bits per heavy atom. The highest BCUT2D eigenvalue weighted by atomic mass is 35.5. The summed E-state index contributed by atoms with van der Waals surface area (Å²) >= 11 is 6.18. The minimum atomic E-state index is -1.03. The lowest BCUT2D eigenvalue weighted by Gasteiger charge is -2.11. The molecule has 2 aromatic rings. The fourth-order valence-corrected chi connectivity index (χ4v) is 3.07. The monoisotopic (exact) mass is 293 g/mol. The van der Waals surface area contributed by atoms with Crippen molar-refractivity contribution >= 4 is 23.1 Å². The zero-order chi connectivity index (χ0) is 14.1. The molecular formula is C14H16ClN3O2. The van der Waals surface area contributed by atoms with Crippen molar-refractivity contribution in [2.24, 2.45) is 0 Å². The summed E-state index contributed by atoms with van der Waals surface area (Å²) in [6, 6.07) is 5.69. The first-order valence-corrected chi connectivity index (χ1v) is 7.17. The van der Waals surface area contributed by atoms with Gasteiger partial charge in [-0.25, -0.2) is 9.78 Å². The number of carboxylic acids is 1. The van der Waals surface area contributed by atoms with E-state index < -0.39 is 5.97 Å². The molecule has 0 aromatic carbocycles. The van der Waals surface area contributed by atoms with Crippen molar-refractivity contribution in [2.45, 2.75) is 38.3 Å². The molecule has 0 saturated heterocycles. The zero-order valence-corrected chi connectivity index (χ0v) is 11.7. The van der Waals surface area contributed by atoms with Crippen LogP contribution in [0.4, 0.5) is 0 Å². The van der Waals surface area contributed by atoms with Crippen molar-refractivity contribution in [3.05, 3.63) is 34.9 Å². The number of nitrogens with zero attached hydrogens (tertiary/aromatic N) is 2. The van der Waals surface area contributed by atoms with Gasteiger partial charge in [0, 0.05) is 6.04 Å². The van der Waals surface area contributed by atoms with Crippen molar-refractivity contribution in [2.75, 3.05) is 0 Å². The Kier molecular flexibility index (Phi) is 3.63. The fraction of sp³-hybridized carbons (Fsp3) is 0.429. The summed E-state index contributed by atoms with van der Waals surface area (Å²) in [6.45, 7) is 0.531. The third-order valence-electron chi connectivity index (χ3n) is 3.79. The van der Waals surface area contributed by atoms with Crippen molar-refractivity contribution in [3.8, 4) is 0 Å². The van der Waals surface area contributed by atoms with Crippen LogP contribution in [0.5, 0.6) is 0 Å². The van der Waals surface area contributed by atoms with E-state index in [9.17, 15) is 9.90 Å². The van der Waals surface area contributed by atoms with Crippen LogP contribution in [0.15, 0.2) is 18.2 Å². The Bertz CT molecular complexity index is 647. The molecule has 1 aliphatic carbocycles. The molecule has 2 N–H and O–H groups in total. The number of aromatic nitrogens is 2. The van der Waals surface area contributed by atoms with E-state index in [1.54, 1.807) is 22.6 Å². The molecule has 0 bridgehead atoms. The van der Waals surface area contributed by atoms with Crippen LogP contribution in [-0.2, 0) is 6.54 Å². The van der Waals surface area contributed by atoms with Crippen LogP contribution in [0.3, 0.4) is 0 Å². The third-order valence-corrected chi connectivity index (χ3v) is 4.09. The Morgan fingerprint density at radius 3 is 2.90 bits per heavy atom. The largest absolute Gasteiger partial charge is 0.476 e. The van der Waals surface area contributed by atoms with Crippen LogP contribution in [0.25, 0.3) is 5.52 Å². The van der Waals surface area contributed by atoms with Crippen LogP contribution < -0.4 is 5.32 Å². The van der Waals surface area contributed by atoms with E-state index >= 15 is 0 Å². The summed E-state index contributed by atoms with van der Waals surface area (Å²) < 4.78 is 1.70. The molecule has 0 radical (unpaired) electrons. The van der Waals surface area contributed by atoms with Gasteiger partial charge in [-0.3, -0.25) is 4.40 Å². The zero-order valence-electron chi connectivity index (χ0n) is 11.0. The lowest BCUT2D eigenvalue weighted by atomic mass is 10.2. The average Bonchev–Trinajstić information content (AvgIpc) is 3.04. The number of pyridine rings is 1. The Labute approximate surface area is 121 Å². The molecule has 5 nitrogen and oxygen atoms in total. The molecule has 2 aromatic heterocycles. The number of rotatable bonds is 4. The number of carboxylic acid groups (broad SMARTS) is 1. The normalized spacial score (nSPS) is 16.1. The van der Waals surface area contributed by atoms with Gasteiger partial charge in [-0.05, 0) is 25.0 Å². The van der Waals surface area contributed by atoms with Crippen LogP contribution in [0, 0.1) is 0 Å². The Hall–Kier alpha value is -1.59. The van der Waals surface area contributed by atoms with Gasteiger partial charge in [0.05, 0.1) is 12.1 Å². The Balaban J connectivity index is 1.94. The molecule has 1 fully saturated rings. The highest BCUT2D eigenvalue weighted by molar-refractivity contribution is 6.29. The minimum Gasteiger partial charge on any atom is -0.476 e. The summed E-state index contributed by atoms with van der Waals surface area (Å²) in [5.41, 5.74) is 0.587. The van der Waals surface area contributed by atoms with Crippen molar-refractivity contribution in [3.63, 3.8) is 0 Å². The molecule has 0 unspecified atom stereocenters. The van der Waals surface area contributed by atoms with Crippen LogP contribution in [-0.4, -0.2) is 26.5 Å². The average molecular weight is 294 g/mol. The first-order valence-electron chi connectivity index (χ1n) is 6.79. The van der Waals surface area contributed by atoms with E-state index in [0.29, 0.717) is 29.1 Å². The summed E-state index contributed by atoms with van der Waals surface area (Å²) in [5.74, 6) is -0.383. The van der Waals surface area contributed by atoms with Gasteiger partial charge in [0.15, 0.2) is 5.69 Å². The van der Waals surface area contributed by atoms with Crippen LogP contribution >= 0.6 is 11.6 Å². The van der Waals surface area contributed by atoms with Gasteiger partial charge in [0.25, 0.3) is 0 Å². The highest BCUT2D eigenvalue weighted by Gasteiger charge is 2.20. The van der Waals surface area contributed by atoms with Gasteiger partial charge in [-0.2, -0.15) is 0 Å². The smallest absolute Gasteiger partial charge is 0.356 e. The lowest BCUT2D eigenvalue weighted by molar-refractivity contribution is 0.0693. The van der Waals surface area contributed by atoms with Crippen molar-refractivity contribution < 1.29 is 9.90 Å². The van der Waals surface area contributed by atoms with Gasteiger partial charge in [-0.15, -0.1) is 0 Å². The number of halogens is 1. The second-order valence-corrected chi connectivity index (χ2v) is 5.50. The summed E-state index contributed by atoms with van der Waals surface area (Å²) in [7, 11) is 0. The van der Waals surface area contributed by atoms with Gasteiger partial charge in [-0.1, -0.05) is 30.5 Å². The number of nitrogens with one attached hydrogen (secondary N) is 1. The van der Waals surface area contributed by atoms with Gasteiger partial charge in [0.2, 0.25) is 0 Å². The molecule has 3 rings (SSSR count). The molecule has 0 amide bonds. The standard InChI is InChI=1S/C14H16ClN3O2/c15-11-7-3-6-10-13(14(19)20)17-12(18(10)11)8-16-9-4-1-2-5-9/h3,6-7,9,16H,1-2,4-5,8H2,(H,19,20). The van der Waals surface area contributed by atoms with Gasteiger partial charge in [0.1, 0.15) is 11.0 Å². The van der Waals surface area contributed by atoms with E-state index in [-0.39, 0.29) is 5.69 Å². The quantitative estimate of drug-likeness (QED) is 0.851. The van der Waals surface area contributed by atoms with E-state index in [1.165, 1.54) is 25.7 Å². The lowest BCUT2D eigenvalue weighted by Crippen LogP contribution is -2.26. The second-order valence-electron chi connectivity index (χ2n) is 5.11. The fourth-order valence-electron chi connectivity index (χ4n) is 2.81. The maximum atomic E-state index is 11.3. The molecule has 20 heavy (non-hydrogen) atoms. The van der Waals surface area contributed by atoms with E-state index in [1.807, 2.05) is 0 Å². The SMILES string of the molecule is O=C(O)c1nc(CNC2CCCC2)n2c(Cl)cccc12. The van der Waals surface area contributed by atoms with Gasteiger partial charge < -0.3 is 10.4 Å². The number of fused-ring (bicyclic) bond motifs is 1. The number of aromatic carboxylic acids is 1. The van der Waals surface area contributed by atoms with Crippen molar-refractivity contribution in [1.82, 2.24) is 14.7 Å². The Morgan fingerprint density at radius 1 is 1.45 bits per heavy atom. The molecule has 0 atom stereocenters. The molecular weight excluding hydrogens is 278 g/mol. The summed E-state index contributed by atoms with van der Waals surface area (Å²) in [5, 5.41) is 13.1. The summed E-state index contributed by atoms with van der Waals surface area (Å²) in [4.78, 5) is 15.5. The number of carbonyl (C=O) groups is 1. The summed E-state index contributed by atoms with van der Waals surface area (Å²) in [6.07, 6.45) is 4.84. The molecule has 6 heteroatoms. The van der Waals surface area contributed by atoms with Gasteiger partial charge >= 0.3 is 5.97 Å². The van der Waals surface area contributed by atoms with Crippen LogP contribution in [0.1, 0.15) is 42.0 Å². The van der Waals surface area contributed by atoms with E-state index in [0.717, 1.165) is 0 Å². The second kappa shape index (κ2) is 5.42. The maximum absolute atomic E-state index is 11.3. The molecule has 0 spiro atoms. The first kappa shape index (κ1) is 13.4. The van der Waals surface area contributed by atoms with Crippen LogP contribution in [0.2, 0.25) is 5.15 Å². The predicted octanol–water partition coefficient (Wildman–Crippen LogP) is 2.72. The molecule has 0 aliphatic heterocycles. The predicted molar refractivity (Wildman–Crippen MR) is 76.3 cm³/mol. The topological polar surface area (TPSA) is 66.6 Å². The van der Waals surface area contributed by atoms with E-state index in [4.69, 9.17) is 11.6 Å². The van der Waals surface area contributed by atoms with E-state index in [2.05, 4.69) is 10.3 Å². The number of hydrogen-bond donors (Lipinski definition) is 2. The number of imidazole rings is 1.